The number of carbonyl (C=O) groups is 7. The van der Waals surface area contributed by atoms with Crippen molar-refractivity contribution in [1.82, 2.24) is 95.0 Å². The number of sulfonamides is 1. The van der Waals surface area contributed by atoms with Crippen LogP contribution in [0.4, 0.5) is 10.3 Å². The minimum Gasteiger partial charge on any atom is -0.349 e. The fourth-order valence-corrected chi connectivity index (χ4v) is 18.0. The Balaban J connectivity index is 0.000000155. The van der Waals surface area contributed by atoms with E-state index in [1.807, 2.05) is 162 Å². The van der Waals surface area contributed by atoms with Gasteiger partial charge < -0.3 is 33.1 Å². The average Bonchev–Trinajstić information content (AvgIpc) is 1.67. The van der Waals surface area contributed by atoms with E-state index in [-0.39, 0.29) is 48.5 Å². The van der Waals surface area contributed by atoms with E-state index < -0.39 is 39.6 Å². The van der Waals surface area contributed by atoms with Crippen LogP contribution in [0.2, 0.25) is 0 Å². The third kappa shape index (κ3) is 31.7. The highest BCUT2D eigenvalue weighted by Gasteiger charge is 2.22. The standard InChI is InChI=1S/C27H28N4O2.C25H30N4O2.C20H19FN4O3.C20H22N4O4S.C20H20N4O3/c1-2-31-25-15-13-21(14-16-27(32)29-33)17-24(25)28-26(31)20-30(18-22-9-5-3-6-10-22)19-23-11-7-4-8-12-23;30-25(27-31)14-11-21-9-12-23-22(19-21)26-24(13-10-20-7-3-1-4-8-20)29(23)18-17-28-15-5-2-6-16-28;1-25-17-8-4-13(5-9-19(26)24-28)10-16(17)23-18(25)12-22-20(27)11-14-2-6-15(21)7-3-14;1-2-24-18-10-8-15(9-11-20(25)23-26)14-17(18)22-19(24)12-13-21-29(27,28)16-6-4-3-5-7-16;1-2-24-17-10-8-15(9-11-18(25)23-27)12-16(17)21-20(24)22-19(26)13-14-6-4-3-5-7-14/h3-17,33H,2,18-20H2,1H3,(H,29,32);1,3-4,7-9,11-12,14,19,31H,2,5-6,10,13,15-18H2,(H,27,30);2-10,28H,11-12H2,1H3,(H,22,27)(H,24,26);3-11,14,21,26H,2,12-13H2,1H3,(H,23,25);3-12,27H,2,13H2,1H3,(H,23,25)(H,21,22,26)/b16-14+;14-11+;9-5+;2*11-9+. The van der Waals surface area contributed by atoms with E-state index in [0.717, 1.165) is 152 Å². The fraction of sp³-hybridized carbons (Fsp3) is 0.214. The van der Waals surface area contributed by atoms with Gasteiger partial charge in [0.25, 0.3) is 29.5 Å². The fourth-order valence-electron chi connectivity index (χ4n) is 16.9. The number of fused-ring (bicyclic) bond motifs is 5. The number of carbonyl (C=O) groups excluding carboxylic acids is 7. The number of nitrogens with zero attached hydrogens (tertiary/aromatic N) is 12. The van der Waals surface area contributed by atoms with Gasteiger partial charge in [0, 0.05) is 103 Å². The van der Waals surface area contributed by atoms with Crippen LogP contribution < -0.4 is 42.8 Å². The van der Waals surface area contributed by atoms with Gasteiger partial charge in [-0.05, 0) is 224 Å². The highest BCUT2D eigenvalue weighted by atomic mass is 32.2. The SMILES string of the molecule is CCn1c(CCNS(=O)(=O)c2ccccc2)nc2cc(/C=C/C(=O)NO)ccc21.CCn1c(CN(Cc2ccccc2)Cc2ccccc2)nc2cc(/C=C/C(=O)NO)ccc21.CCn1c(NC(=O)Cc2ccccc2)nc2cc(/C=C/C(=O)NO)ccc21.Cn1c(CNC(=O)Cc2ccc(F)cc2)nc2cc(/C=C/C(=O)NO)ccc21.O=C(/C=C/c1ccc2c(c1)nc(CCc1ccccc1)n2CCN1CCCCC1)NO. The lowest BCUT2D eigenvalue weighted by molar-refractivity contribution is -0.124. The molecule has 0 radical (unpaired) electrons. The molecule has 1 aliphatic rings. The third-order valence-electron chi connectivity index (χ3n) is 24.3. The molecule has 7 amide bonds. The summed E-state index contributed by atoms with van der Waals surface area (Å²) in [5.41, 5.74) is 26.2. The smallest absolute Gasteiger partial charge is 0.267 e. The zero-order valence-corrected chi connectivity index (χ0v) is 83.2. The van der Waals surface area contributed by atoms with Gasteiger partial charge in [-0.25, -0.2) is 69.9 Å². The molecule has 0 aliphatic carbocycles. The van der Waals surface area contributed by atoms with E-state index in [1.165, 1.54) is 97.0 Å². The number of hydrogen-bond acceptors (Lipinski definition) is 21. The average molecular weight is 2020 g/mol. The summed E-state index contributed by atoms with van der Waals surface area (Å²) < 4.78 is 50.7. The lowest BCUT2D eigenvalue weighted by Crippen LogP contribution is -2.32. The van der Waals surface area contributed by atoms with Gasteiger partial charge in [-0.15, -0.1) is 0 Å². The predicted octanol–water partition coefficient (Wildman–Crippen LogP) is 15.5. The number of halogens is 1. The van der Waals surface area contributed by atoms with Crippen LogP contribution in [-0.4, -0.2) is 160 Å². The predicted molar refractivity (Wildman–Crippen MR) is 568 cm³/mol. The maximum atomic E-state index is 12.9. The number of rotatable bonds is 37. The minimum atomic E-state index is -3.56. The molecule has 0 saturated carbocycles. The number of imidazole rings is 5. The molecule has 0 unspecified atom stereocenters. The number of anilines is 1. The number of aryl methyl sites for hydroxylation is 6. The minimum absolute atomic E-state index is 0.133. The van der Waals surface area contributed by atoms with Crippen LogP contribution in [0.3, 0.4) is 0 Å². The Hall–Kier alpha value is -16.7. The largest absolute Gasteiger partial charge is 0.349 e. The van der Waals surface area contributed by atoms with Gasteiger partial charge in [-0.1, -0.05) is 188 Å². The molecule has 148 heavy (non-hydrogen) atoms. The summed E-state index contributed by atoms with van der Waals surface area (Å²) in [6.07, 6.45) is 20.9. The second kappa shape index (κ2) is 54.9. The first-order valence-corrected chi connectivity index (χ1v) is 49.9. The topological polar surface area (TPSA) is 447 Å². The molecule has 1 saturated heterocycles. The number of nitrogens with one attached hydrogen (secondary N) is 8. The van der Waals surface area contributed by atoms with Gasteiger partial charge >= 0.3 is 0 Å². The Bertz CT molecular complexity index is 7450. The quantitative estimate of drug-likeness (QED) is 0.00977. The second-order valence-electron chi connectivity index (χ2n) is 34.5. The Labute approximate surface area is 855 Å². The van der Waals surface area contributed by atoms with E-state index in [4.69, 9.17) is 36.0 Å². The maximum Gasteiger partial charge on any atom is 0.267 e. The van der Waals surface area contributed by atoms with Crippen molar-refractivity contribution >= 4 is 143 Å². The zero-order chi connectivity index (χ0) is 105. The van der Waals surface area contributed by atoms with E-state index in [9.17, 15) is 46.4 Å². The van der Waals surface area contributed by atoms with Gasteiger partial charge in [-0.3, -0.25) is 69.8 Å². The molecule has 11 aromatic carbocycles. The second-order valence-corrected chi connectivity index (χ2v) is 36.3. The van der Waals surface area contributed by atoms with Gasteiger partial charge in [0.2, 0.25) is 27.8 Å². The molecular weight excluding hydrogens is 1900 g/mol. The zero-order valence-electron chi connectivity index (χ0n) is 82.4. The Morgan fingerprint density at radius 1 is 0.372 bits per heavy atom. The van der Waals surface area contributed by atoms with Crippen LogP contribution in [0.25, 0.3) is 85.5 Å². The van der Waals surface area contributed by atoms with Gasteiger partial charge in [0.15, 0.2) is 0 Å². The van der Waals surface area contributed by atoms with E-state index in [1.54, 1.807) is 101 Å². The molecule has 0 spiro atoms. The number of piperidine rings is 1. The van der Waals surface area contributed by atoms with Crippen LogP contribution in [-0.2, 0) is 135 Å². The highest BCUT2D eigenvalue weighted by molar-refractivity contribution is 7.89. The number of hydroxylamine groups is 5. The molecule has 1 aliphatic heterocycles. The summed E-state index contributed by atoms with van der Waals surface area (Å²) in [6.45, 7) is 15.5. The monoisotopic (exact) mass is 2020 g/mol. The molecule has 6 heterocycles. The van der Waals surface area contributed by atoms with E-state index in [0.29, 0.717) is 43.3 Å². The number of benzene rings is 11. The summed E-state index contributed by atoms with van der Waals surface area (Å²) in [5, 5.41) is 48.7. The van der Waals surface area contributed by atoms with Crippen LogP contribution in [0.15, 0.2) is 302 Å². The molecule has 0 bridgehead atoms. The Morgan fingerprint density at radius 2 is 0.736 bits per heavy atom. The lowest BCUT2D eigenvalue weighted by Gasteiger charge is -2.26. The third-order valence-corrected chi connectivity index (χ3v) is 25.7. The van der Waals surface area contributed by atoms with Crippen molar-refractivity contribution in [1.29, 1.82) is 0 Å². The lowest BCUT2D eigenvalue weighted by atomic mass is 10.1. The first-order chi connectivity index (χ1) is 71.9. The molecule has 5 aromatic heterocycles. The van der Waals surface area contributed by atoms with Gasteiger partial charge in [0.1, 0.15) is 29.1 Å². The number of aromatic nitrogens is 10. The van der Waals surface area contributed by atoms with Crippen LogP contribution in [0, 0.1) is 5.82 Å². The first-order valence-electron chi connectivity index (χ1n) is 48.4. The van der Waals surface area contributed by atoms with Crippen molar-refractivity contribution in [2.45, 2.75) is 129 Å². The molecule has 764 valence electrons. The number of likely N-dealkylation sites (tertiary alicyclic amines) is 1. The molecular formula is C112H119FN20O14S. The summed E-state index contributed by atoms with van der Waals surface area (Å²) in [7, 11) is -1.71. The van der Waals surface area contributed by atoms with Gasteiger partial charge in [-0.2, -0.15) is 0 Å². The van der Waals surface area contributed by atoms with Crippen molar-refractivity contribution in [3.05, 3.63) is 382 Å². The van der Waals surface area contributed by atoms with Crippen LogP contribution >= 0.6 is 0 Å². The molecule has 17 rings (SSSR count). The van der Waals surface area contributed by atoms with Gasteiger partial charge in [0.05, 0.1) is 86.0 Å². The Kier molecular flexibility index (Phi) is 40.2. The first kappa shape index (κ1) is 109. The van der Waals surface area contributed by atoms with Crippen molar-refractivity contribution < 1.29 is 72.4 Å². The summed E-state index contributed by atoms with van der Waals surface area (Å²) in [5.74, 6) is 0.441. The molecule has 34 nitrogen and oxygen atoms in total. The highest BCUT2D eigenvalue weighted by Crippen LogP contribution is 2.29. The molecule has 13 N–H and O–H groups in total. The van der Waals surface area contributed by atoms with Crippen molar-refractivity contribution in [3.8, 4) is 0 Å². The van der Waals surface area contributed by atoms with Crippen LogP contribution in [0.5, 0.6) is 0 Å². The molecule has 1 fully saturated rings. The summed E-state index contributed by atoms with van der Waals surface area (Å²) in [6, 6.07) is 83.7. The maximum absolute atomic E-state index is 12.9. The molecule has 0 atom stereocenters. The summed E-state index contributed by atoms with van der Waals surface area (Å²) in [4.78, 5) is 109. The van der Waals surface area contributed by atoms with Crippen LogP contribution in [0.1, 0.15) is 119 Å². The Morgan fingerprint density at radius 3 is 1.18 bits per heavy atom. The van der Waals surface area contributed by atoms with Crippen molar-refractivity contribution in [2.75, 3.05) is 31.5 Å². The van der Waals surface area contributed by atoms with Crippen molar-refractivity contribution in [2.24, 2.45) is 7.05 Å². The van der Waals surface area contributed by atoms with E-state index >= 15 is 0 Å². The normalized spacial score (nSPS) is 12.2. The van der Waals surface area contributed by atoms with E-state index in [2.05, 4.69) is 135 Å². The van der Waals surface area contributed by atoms with Crippen molar-refractivity contribution in [3.63, 3.8) is 0 Å². The number of amides is 7. The summed E-state index contributed by atoms with van der Waals surface area (Å²) >= 11 is 0. The molecule has 16 aromatic rings. The molecule has 36 heteroatoms. The number of hydrogen-bond donors (Lipinski definition) is 13.